The molecule has 1 aliphatic rings. The lowest BCUT2D eigenvalue weighted by atomic mass is 9.98. The molecule has 0 fully saturated rings. The zero-order valence-electron chi connectivity index (χ0n) is 7.30. The van der Waals surface area contributed by atoms with Crippen LogP contribution in [0.15, 0.2) is 22.7 Å². The van der Waals surface area contributed by atoms with Crippen molar-refractivity contribution in [3.8, 4) is 0 Å². The highest BCUT2D eigenvalue weighted by atomic mass is 79.9. The average molecular weight is 240 g/mol. The molecule has 0 bridgehead atoms. The van der Waals surface area contributed by atoms with Gasteiger partial charge in [-0.25, -0.2) is 0 Å². The average Bonchev–Trinajstić information content (AvgIpc) is 2.40. The summed E-state index contributed by atoms with van der Waals surface area (Å²) in [7, 11) is 0. The summed E-state index contributed by atoms with van der Waals surface area (Å²) in [6.45, 7) is 2.03. The number of hydrogen-bond acceptors (Lipinski definition) is 1. The molecule has 0 spiro atoms. The predicted molar refractivity (Wildman–Crippen MR) is 55.8 cm³/mol. The van der Waals surface area contributed by atoms with E-state index in [-0.39, 0.29) is 11.8 Å². The Morgan fingerprint density at radius 1 is 1.54 bits per heavy atom. The van der Waals surface area contributed by atoms with Crippen LogP contribution in [0.25, 0.3) is 0 Å². The largest absolute Gasteiger partial charge is 0.325 e. The highest BCUT2D eigenvalue weighted by Gasteiger charge is 2.28. The molecule has 1 atom stereocenters. The second-order valence-electron chi connectivity index (χ2n) is 3.18. The van der Waals surface area contributed by atoms with Crippen LogP contribution in [0.1, 0.15) is 24.8 Å². The highest BCUT2D eigenvalue weighted by Crippen LogP contribution is 2.35. The van der Waals surface area contributed by atoms with Crippen molar-refractivity contribution in [1.82, 2.24) is 0 Å². The van der Waals surface area contributed by atoms with E-state index in [1.165, 1.54) is 0 Å². The second kappa shape index (κ2) is 3.14. The third-order valence-corrected chi connectivity index (χ3v) is 2.86. The number of nitrogens with one attached hydrogen (secondary N) is 1. The number of anilines is 1. The molecule has 0 saturated heterocycles. The van der Waals surface area contributed by atoms with E-state index in [0.29, 0.717) is 0 Å². The van der Waals surface area contributed by atoms with E-state index < -0.39 is 0 Å². The van der Waals surface area contributed by atoms with Crippen LogP contribution in [0.3, 0.4) is 0 Å². The number of amides is 1. The molecule has 0 aromatic heterocycles. The van der Waals surface area contributed by atoms with E-state index in [2.05, 4.69) is 21.2 Å². The van der Waals surface area contributed by atoms with Gasteiger partial charge in [-0.05, 0) is 30.2 Å². The monoisotopic (exact) mass is 239 g/mol. The number of carbonyl (C=O) groups excluding carboxylic acids is 1. The highest BCUT2D eigenvalue weighted by molar-refractivity contribution is 9.10. The van der Waals surface area contributed by atoms with E-state index >= 15 is 0 Å². The van der Waals surface area contributed by atoms with Gasteiger partial charge in [0.2, 0.25) is 5.91 Å². The van der Waals surface area contributed by atoms with Crippen LogP contribution < -0.4 is 5.32 Å². The first-order valence-electron chi connectivity index (χ1n) is 4.32. The molecule has 1 aliphatic heterocycles. The summed E-state index contributed by atoms with van der Waals surface area (Å²) in [6.07, 6.45) is 0.856. The fourth-order valence-corrected chi connectivity index (χ4v) is 2.08. The van der Waals surface area contributed by atoms with Crippen LogP contribution in [0.5, 0.6) is 0 Å². The topological polar surface area (TPSA) is 29.1 Å². The molecule has 3 heteroatoms. The first-order chi connectivity index (χ1) is 6.22. The van der Waals surface area contributed by atoms with Gasteiger partial charge in [0.05, 0.1) is 5.92 Å². The van der Waals surface area contributed by atoms with Crippen molar-refractivity contribution in [2.75, 3.05) is 5.32 Å². The minimum Gasteiger partial charge on any atom is -0.325 e. The zero-order valence-corrected chi connectivity index (χ0v) is 8.89. The van der Waals surface area contributed by atoms with E-state index in [1.54, 1.807) is 0 Å². The van der Waals surface area contributed by atoms with Gasteiger partial charge >= 0.3 is 0 Å². The summed E-state index contributed by atoms with van der Waals surface area (Å²) in [5.41, 5.74) is 2.07. The maximum absolute atomic E-state index is 11.4. The van der Waals surface area contributed by atoms with Crippen molar-refractivity contribution < 1.29 is 4.79 Å². The van der Waals surface area contributed by atoms with Crippen molar-refractivity contribution in [2.45, 2.75) is 19.3 Å². The first kappa shape index (κ1) is 8.75. The number of fused-ring (bicyclic) bond motifs is 1. The molecular formula is C10H10BrNO. The summed E-state index contributed by atoms with van der Waals surface area (Å²) in [5, 5.41) is 2.87. The Morgan fingerprint density at radius 2 is 2.31 bits per heavy atom. The standard InChI is InChI=1S/C10H10BrNO/c1-2-7-8-5-6(11)3-4-9(8)12-10(7)13/h3-5,7H,2H2,1H3,(H,12,13)/t7-/m0/s1. The van der Waals surface area contributed by atoms with Gasteiger partial charge in [0.15, 0.2) is 0 Å². The zero-order chi connectivity index (χ0) is 9.42. The van der Waals surface area contributed by atoms with Gasteiger partial charge in [-0.15, -0.1) is 0 Å². The number of rotatable bonds is 1. The Balaban J connectivity index is 2.50. The number of hydrogen-bond donors (Lipinski definition) is 1. The molecular weight excluding hydrogens is 230 g/mol. The summed E-state index contributed by atoms with van der Waals surface area (Å²) in [5.74, 6) is 0.156. The quantitative estimate of drug-likeness (QED) is 0.803. The maximum atomic E-state index is 11.4. The van der Waals surface area contributed by atoms with E-state index in [0.717, 1.165) is 22.1 Å². The molecule has 2 nitrogen and oxygen atoms in total. The van der Waals surface area contributed by atoms with E-state index in [4.69, 9.17) is 0 Å². The van der Waals surface area contributed by atoms with Gasteiger partial charge in [0.1, 0.15) is 0 Å². The third-order valence-electron chi connectivity index (χ3n) is 2.37. The molecule has 0 saturated carbocycles. The van der Waals surface area contributed by atoms with Crippen LogP contribution in [-0.4, -0.2) is 5.91 Å². The molecule has 1 aromatic rings. The normalized spacial score (nSPS) is 19.8. The van der Waals surface area contributed by atoms with Crippen LogP contribution in [-0.2, 0) is 4.79 Å². The summed E-state index contributed by atoms with van der Waals surface area (Å²) >= 11 is 3.40. The minimum atomic E-state index is 0.0347. The van der Waals surface area contributed by atoms with Crippen LogP contribution in [0, 0.1) is 0 Å². The molecule has 1 amide bonds. The smallest absolute Gasteiger partial charge is 0.231 e. The number of carbonyl (C=O) groups is 1. The number of halogens is 1. The fraction of sp³-hybridized carbons (Fsp3) is 0.300. The third kappa shape index (κ3) is 1.37. The molecule has 0 unspecified atom stereocenters. The molecule has 13 heavy (non-hydrogen) atoms. The van der Waals surface area contributed by atoms with Crippen LogP contribution >= 0.6 is 15.9 Å². The lowest BCUT2D eigenvalue weighted by molar-refractivity contribution is -0.117. The predicted octanol–water partition coefficient (Wildman–Crippen LogP) is 2.89. The second-order valence-corrected chi connectivity index (χ2v) is 4.10. The molecule has 0 aliphatic carbocycles. The molecule has 68 valence electrons. The summed E-state index contributed by atoms with van der Waals surface area (Å²) < 4.78 is 1.03. The van der Waals surface area contributed by atoms with Crippen LogP contribution in [0.2, 0.25) is 0 Å². The van der Waals surface area contributed by atoms with Gasteiger partial charge in [-0.2, -0.15) is 0 Å². The van der Waals surface area contributed by atoms with Crippen molar-refractivity contribution in [1.29, 1.82) is 0 Å². The van der Waals surface area contributed by atoms with Gasteiger partial charge in [0, 0.05) is 10.2 Å². The van der Waals surface area contributed by atoms with Crippen molar-refractivity contribution >= 4 is 27.5 Å². The minimum absolute atomic E-state index is 0.0347. The van der Waals surface area contributed by atoms with E-state index in [1.807, 2.05) is 25.1 Å². The fourth-order valence-electron chi connectivity index (χ4n) is 1.70. The van der Waals surface area contributed by atoms with Crippen molar-refractivity contribution in [2.24, 2.45) is 0 Å². The Hall–Kier alpha value is -0.830. The summed E-state index contributed by atoms with van der Waals surface area (Å²) in [4.78, 5) is 11.4. The molecule has 1 aromatic carbocycles. The van der Waals surface area contributed by atoms with Crippen molar-refractivity contribution in [3.05, 3.63) is 28.2 Å². The summed E-state index contributed by atoms with van der Waals surface area (Å²) in [6, 6.07) is 5.89. The van der Waals surface area contributed by atoms with Crippen molar-refractivity contribution in [3.63, 3.8) is 0 Å². The maximum Gasteiger partial charge on any atom is 0.231 e. The van der Waals surface area contributed by atoms with Gasteiger partial charge in [0.25, 0.3) is 0 Å². The lowest BCUT2D eigenvalue weighted by Crippen LogP contribution is -2.10. The van der Waals surface area contributed by atoms with Gasteiger partial charge in [-0.3, -0.25) is 4.79 Å². The molecule has 2 rings (SSSR count). The number of benzene rings is 1. The Kier molecular flexibility index (Phi) is 2.12. The molecule has 0 radical (unpaired) electrons. The Morgan fingerprint density at radius 3 is 3.00 bits per heavy atom. The lowest BCUT2D eigenvalue weighted by Gasteiger charge is -2.04. The first-order valence-corrected chi connectivity index (χ1v) is 5.12. The Bertz CT molecular complexity index is 362. The van der Waals surface area contributed by atoms with Gasteiger partial charge in [-0.1, -0.05) is 22.9 Å². The van der Waals surface area contributed by atoms with Gasteiger partial charge < -0.3 is 5.32 Å². The SMILES string of the molecule is CC[C@@H]1C(=O)Nc2ccc(Br)cc21. The Labute approximate surface area is 85.5 Å². The van der Waals surface area contributed by atoms with Crippen LogP contribution in [0.4, 0.5) is 5.69 Å². The van der Waals surface area contributed by atoms with E-state index in [9.17, 15) is 4.79 Å². The molecule has 1 N–H and O–H groups in total. The molecule has 1 heterocycles.